The molecule has 0 atom stereocenters. The number of hydrogen-bond acceptors (Lipinski definition) is 4. The van der Waals surface area contributed by atoms with Gasteiger partial charge in [-0.25, -0.2) is 4.79 Å². The second-order valence-corrected chi connectivity index (χ2v) is 3.54. The Morgan fingerprint density at radius 1 is 1.47 bits per heavy atom. The Morgan fingerprint density at radius 2 is 2.29 bits per heavy atom. The Labute approximate surface area is 98.4 Å². The zero-order valence-corrected chi connectivity index (χ0v) is 9.40. The van der Waals surface area contributed by atoms with Crippen LogP contribution in [0.25, 0.3) is 11.0 Å². The second kappa shape index (κ2) is 4.71. The third-order valence-electron chi connectivity index (χ3n) is 2.34. The molecule has 0 spiro atoms. The van der Waals surface area contributed by atoms with E-state index in [9.17, 15) is 4.79 Å². The Bertz CT molecular complexity index is 592. The van der Waals surface area contributed by atoms with Crippen LogP contribution in [0.3, 0.4) is 0 Å². The molecule has 0 saturated heterocycles. The first-order chi connectivity index (χ1) is 8.24. The van der Waals surface area contributed by atoms with E-state index < -0.39 is 5.97 Å². The van der Waals surface area contributed by atoms with E-state index in [1.807, 2.05) is 12.1 Å². The molecule has 0 aliphatic carbocycles. The lowest BCUT2D eigenvalue weighted by molar-refractivity contribution is 0.0492. The van der Waals surface area contributed by atoms with Gasteiger partial charge in [0.05, 0.1) is 19.1 Å². The third-order valence-corrected chi connectivity index (χ3v) is 2.34. The molecule has 86 valence electrons. The molecule has 0 bridgehead atoms. The van der Waals surface area contributed by atoms with E-state index in [0.29, 0.717) is 18.6 Å². The number of benzene rings is 1. The molecule has 4 heteroatoms. The van der Waals surface area contributed by atoms with Crippen LogP contribution >= 0.6 is 0 Å². The molecule has 0 aliphatic rings. The van der Waals surface area contributed by atoms with Crippen LogP contribution < -0.4 is 0 Å². The van der Waals surface area contributed by atoms with Gasteiger partial charge in [-0.05, 0) is 30.7 Å². The van der Waals surface area contributed by atoms with E-state index in [0.717, 1.165) is 10.9 Å². The van der Waals surface area contributed by atoms with Crippen LogP contribution in [0.5, 0.6) is 0 Å². The lowest BCUT2D eigenvalue weighted by Crippen LogP contribution is -2.02. The molecule has 2 rings (SSSR count). The normalized spacial score (nSPS) is 10.1. The predicted molar refractivity (Wildman–Crippen MR) is 61.5 cm³/mol. The van der Waals surface area contributed by atoms with Gasteiger partial charge in [-0.1, -0.05) is 6.07 Å². The number of hydrogen-bond donors (Lipinski definition) is 0. The second-order valence-electron chi connectivity index (χ2n) is 3.54. The number of fused-ring (bicyclic) bond motifs is 1. The number of rotatable bonds is 3. The summed E-state index contributed by atoms with van der Waals surface area (Å²) < 4.78 is 10.2. The minimum atomic E-state index is -0.467. The van der Waals surface area contributed by atoms with Gasteiger partial charge in [0, 0.05) is 5.39 Å². The zero-order chi connectivity index (χ0) is 12.3. The first-order valence-electron chi connectivity index (χ1n) is 5.31. The van der Waals surface area contributed by atoms with E-state index in [4.69, 9.17) is 14.4 Å². The molecule has 0 unspecified atom stereocenters. The number of carbonyl (C=O) groups is 1. The van der Waals surface area contributed by atoms with Crippen LogP contribution in [-0.4, -0.2) is 12.6 Å². The Hall–Kier alpha value is -2.28. The van der Waals surface area contributed by atoms with Gasteiger partial charge in [-0.3, -0.25) is 0 Å². The fourth-order valence-corrected chi connectivity index (χ4v) is 1.60. The quantitative estimate of drug-likeness (QED) is 0.759. The first kappa shape index (κ1) is 11.2. The third kappa shape index (κ3) is 2.28. The van der Waals surface area contributed by atoms with Gasteiger partial charge in [-0.2, -0.15) is 5.26 Å². The number of ether oxygens (including phenoxy) is 1. The summed E-state index contributed by atoms with van der Waals surface area (Å²) in [4.78, 5) is 11.5. The van der Waals surface area contributed by atoms with Crippen molar-refractivity contribution in [3.63, 3.8) is 0 Å². The molecule has 0 aliphatic heterocycles. The highest BCUT2D eigenvalue weighted by molar-refractivity contribution is 5.92. The van der Waals surface area contributed by atoms with Crippen molar-refractivity contribution in [1.82, 2.24) is 0 Å². The molecule has 1 aromatic heterocycles. The van der Waals surface area contributed by atoms with Crippen molar-refractivity contribution < 1.29 is 13.9 Å². The van der Waals surface area contributed by atoms with Crippen molar-refractivity contribution in [1.29, 1.82) is 5.26 Å². The van der Waals surface area contributed by atoms with Crippen molar-refractivity contribution in [3.05, 3.63) is 35.6 Å². The minimum absolute atomic E-state index is 0.191. The average molecular weight is 229 g/mol. The van der Waals surface area contributed by atoms with Crippen molar-refractivity contribution in [3.8, 4) is 6.07 Å². The highest BCUT2D eigenvalue weighted by Gasteiger charge is 2.13. The highest BCUT2D eigenvalue weighted by atomic mass is 16.5. The molecule has 4 nitrogen and oxygen atoms in total. The standard InChI is InChI=1S/C13H11NO3/c1-2-16-13(15)12-8-10-7-9(5-6-14)3-4-11(10)17-12/h3-4,7-8H,2,5H2,1H3. The summed E-state index contributed by atoms with van der Waals surface area (Å²) in [5, 5.41) is 9.41. The number of furan rings is 1. The minimum Gasteiger partial charge on any atom is -0.460 e. The Morgan fingerprint density at radius 3 is 3.00 bits per heavy atom. The summed E-state index contributed by atoms with van der Waals surface area (Å²) in [5.74, 6) is -0.276. The molecule has 0 amide bonds. The summed E-state index contributed by atoms with van der Waals surface area (Å²) in [5.41, 5.74) is 1.52. The van der Waals surface area contributed by atoms with Crippen molar-refractivity contribution in [2.45, 2.75) is 13.3 Å². The predicted octanol–water partition coefficient (Wildman–Crippen LogP) is 2.68. The lowest BCUT2D eigenvalue weighted by Gasteiger charge is -1.95. The SMILES string of the molecule is CCOC(=O)c1cc2cc(CC#N)ccc2o1. The van der Waals surface area contributed by atoms with E-state index in [-0.39, 0.29) is 5.76 Å². The monoisotopic (exact) mass is 229 g/mol. The maximum absolute atomic E-state index is 11.5. The van der Waals surface area contributed by atoms with Gasteiger partial charge in [-0.15, -0.1) is 0 Å². The van der Waals surface area contributed by atoms with Crippen LogP contribution in [0.1, 0.15) is 23.0 Å². The largest absolute Gasteiger partial charge is 0.460 e. The number of carbonyl (C=O) groups excluding carboxylic acids is 1. The molecule has 0 fully saturated rings. The first-order valence-corrected chi connectivity index (χ1v) is 5.31. The van der Waals surface area contributed by atoms with Crippen LogP contribution in [0.4, 0.5) is 0 Å². The van der Waals surface area contributed by atoms with Crippen LogP contribution in [0.2, 0.25) is 0 Å². The molecule has 0 N–H and O–H groups in total. The average Bonchev–Trinajstić information content (AvgIpc) is 2.73. The maximum Gasteiger partial charge on any atom is 0.374 e. The molecule has 1 aromatic carbocycles. The van der Waals surface area contributed by atoms with Gasteiger partial charge in [0.1, 0.15) is 5.58 Å². The maximum atomic E-state index is 11.5. The van der Waals surface area contributed by atoms with Gasteiger partial charge in [0.2, 0.25) is 5.76 Å². The molecular weight excluding hydrogens is 218 g/mol. The fourth-order valence-electron chi connectivity index (χ4n) is 1.60. The molecule has 0 saturated carbocycles. The van der Waals surface area contributed by atoms with Crippen LogP contribution in [0, 0.1) is 11.3 Å². The molecule has 1 heterocycles. The number of nitrogens with zero attached hydrogens (tertiary/aromatic N) is 1. The smallest absolute Gasteiger partial charge is 0.374 e. The highest BCUT2D eigenvalue weighted by Crippen LogP contribution is 2.21. The lowest BCUT2D eigenvalue weighted by atomic mass is 10.1. The molecule has 0 radical (unpaired) electrons. The zero-order valence-electron chi connectivity index (χ0n) is 9.40. The van der Waals surface area contributed by atoms with E-state index >= 15 is 0 Å². The summed E-state index contributed by atoms with van der Waals surface area (Å²) >= 11 is 0. The molecular formula is C13H11NO3. The van der Waals surface area contributed by atoms with Gasteiger partial charge in [0.15, 0.2) is 0 Å². The van der Waals surface area contributed by atoms with E-state index in [1.165, 1.54) is 0 Å². The summed E-state index contributed by atoms with van der Waals surface area (Å²) in [6.45, 7) is 2.06. The van der Waals surface area contributed by atoms with Crippen molar-refractivity contribution in [2.75, 3.05) is 6.61 Å². The molecule has 17 heavy (non-hydrogen) atoms. The van der Waals surface area contributed by atoms with E-state index in [1.54, 1.807) is 19.1 Å². The van der Waals surface area contributed by atoms with Gasteiger partial charge >= 0.3 is 5.97 Å². The molecule has 2 aromatic rings. The van der Waals surface area contributed by atoms with E-state index in [2.05, 4.69) is 6.07 Å². The van der Waals surface area contributed by atoms with Gasteiger partial charge in [0.25, 0.3) is 0 Å². The van der Waals surface area contributed by atoms with Crippen LogP contribution in [0.15, 0.2) is 28.7 Å². The fraction of sp³-hybridized carbons (Fsp3) is 0.231. The number of esters is 1. The number of nitriles is 1. The van der Waals surface area contributed by atoms with Crippen molar-refractivity contribution in [2.24, 2.45) is 0 Å². The van der Waals surface area contributed by atoms with Gasteiger partial charge < -0.3 is 9.15 Å². The summed E-state index contributed by atoms with van der Waals surface area (Å²) in [6.07, 6.45) is 0.343. The van der Waals surface area contributed by atoms with Crippen LogP contribution in [-0.2, 0) is 11.2 Å². The Kier molecular flexibility index (Phi) is 3.10. The Balaban J connectivity index is 2.37. The topological polar surface area (TPSA) is 63.2 Å². The summed E-state index contributed by atoms with van der Waals surface area (Å²) in [7, 11) is 0. The van der Waals surface area contributed by atoms with Crippen molar-refractivity contribution >= 4 is 16.9 Å². The summed E-state index contributed by atoms with van der Waals surface area (Å²) in [6, 6.07) is 9.11.